The second-order valence-electron chi connectivity index (χ2n) is 4.48. The van der Waals surface area contributed by atoms with Crippen molar-refractivity contribution in [3.63, 3.8) is 0 Å². The van der Waals surface area contributed by atoms with Gasteiger partial charge in [-0.25, -0.2) is 0 Å². The molecule has 3 heteroatoms. The predicted molar refractivity (Wildman–Crippen MR) is 55.3 cm³/mol. The summed E-state index contributed by atoms with van der Waals surface area (Å²) < 4.78 is 10.8. The van der Waals surface area contributed by atoms with Crippen LogP contribution in [0.5, 0.6) is 0 Å². The van der Waals surface area contributed by atoms with Crippen molar-refractivity contribution >= 4 is 0 Å². The first kappa shape index (κ1) is 10.4. The second-order valence-corrected chi connectivity index (χ2v) is 4.48. The molecular formula is C11H21NO2. The van der Waals surface area contributed by atoms with E-state index in [-0.39, 0.29) is 0 Å². The fraction of sp³-hybridized carbons (Fsp3) is 1.00. The maximum absolute atomic E-state index is 5.43. The standard InChI is InChI=1S/C11H21NO2/c1-12-11(10-3-5-14-8-10)6-9-2-4-13-7-9/h9-12H,2-8H2,1H3. The highest BCUT2D eigenvalue weighted by Gasteiger charge is 2.28. The van der Waals surface area contributed by atoms with E-state index in [1.807, 2.05) is 0 Å². The molecule has 2 rings (SSSR count). The molecule has 2 fully saturated rings. The third-order valence-corrected chi connectivity index (χ3v) is 3.52. The van der Waals surface area contributed by atoms with Gasteiger partial charge >= 0.3 is 0 Å². The SMILES string of the molecule is CNC(CC1CCOC1)C1CCOC1. The van der Waals surface area contributed by atoms with Crippen molar-refractivity contribution in [2.75, 3.05) is 33.5 Å². The summed E-state index contributed by atoms with van der Waals surface area (Å²) in [6.45, 7) is 3.82. The normalized spacial score (nSPS) is 34.9. The molecule has 0 aromatic rings. The molecule has 14 heavy (non-hydrogen) atoms. The third kappa shape index (κ3) is 2.47. The van der Waals surface area contributed by atoms with E-state index >= 15 is 0 Å². The first-order chi connectivity index (χ1) is 6.90. The van der Waals surface area contributed by atoms with Crippen LogP contribution < -0.4 is 5.32 Å². The lowest BCUT2D eigenvalue weighted by molar-refractivity contribution is 0.164. The molecule has 3 atom stereocenters. The molecule has 0 amide bonds. The minimum absolute atomic E-state index is 0.629. The summed E-state index contributed by atoms with van der Waals surface area (Å²) in [5, 5.41) is 3.44. The Bertz CT molecular complexity index is 163. The Labute approximate surface area is 86.2 Å². The van der Waals surface area contributed by atoms with Crippen LogP contribution in [0.3, 0.4) is 0 Å². The Morgan fingerprint density at radius 1 is 1.21 bits per heavy atom. The molecule has 0 radical (unpaired) electrons. The molecule has 2 saturated heterocycles. The summed E-state index contributed by atoms with van der Waals surface area (Å²) in [7, 11) is 2.07. The molecule has 2 aliphatic rings. The van der Waals surface area contributed by atoms with Crippen LogP contribution >= 0.6 is 0 Å². The molecule has 2 heterocycles. The number of hydrogen-bond donors (Lipinski definition) is 1. The molecule has 1 N–H and O–H groups in total. The smallest absolute Gasteiger partial charge is 0.0510 e. The van der Waals surface area contributed by atoms with Crippen LogP contribution in [0.2, 0.25) is 0 Å². The average Bonchev–Trinajstić information content (AvgIpc) is 2.86. The van der Waals surface area contributed by atoms with Crippen molar-refractivity contribution in [3.8, 4) is 0 Å². The zero-order valence-electron chi connectivity index (χ0n) is 9.00. The van der Waals surface area contributed by atoms with E-state index in [9.17, 15) is 0 Å². The Kier molecular flexibility index (Phi) is 3.79. The van der Waals surface area contributed by atoms with Crippen LogP contribution in [0, 0.1) is 11.8 Å². The van der Waals surface area contributed by atoms with Crippen LogP contribution in [0.1, 0.15) is 19.3 Å². The zero-order valence-corrected chi connectivity index (χ0v) is 9.00. The molecule has 0 aliphatic carbocycles. The minimum Gasteiger partial charge on any atom is -0.381 e. The molecule has 0 aromatic heterocycles. The van der Waals surface area contributed by atoms with E-state index in [0.717, 1.165) is 38.3 Å². The molecule has 82 valence electrons. The Hall–Kier alpha value is -0.120. The van der Waals surface area contributed by atoms with Crippen LogP contribution in [0.4, 0.5) is 0 Å². The fourth-order valence-corrected chi connectivity index (χ4v) is 2.54. The van der Waals surface area contributed by atoms with E-state index < -0.39 is 0 Å². The Morgan fingerprint density at radius 2 is 2.00 bits per heavy atom. The summed E-state index contributed by atoms with van der Waals surface area (Å²) in [5.41, 5.74) is 0. The van der Waals surface area contributed by atoms with E-state index in [1.165, 1.54) is 19.3 Å². The molecule has 0 spiro atoms. The van der Waals surface area contributed by atoms with Crippen LogP contribution in [-0.2, 0) is 9.47 Å². The van der Waals surface area contributed by atoms with Crippen molar-refractivity contribution in [2.24, 2.45) is 11.8 Å². The van der Waals surface area contributed by atoms with E-state index in [1.54, 1.807) is 0 Å². The quantitative estimate of drug-likeness (QED) is 0.734. The molecule has 3 unspecified atom stereocenters. The zero-order chi connectivity index (χ0) is 9.80. The van der Waals surface area contributed by atoms with Crippen LogP contribution in [-0.4, -0.2) is 39.5 Å². The van der Waals surface area contributed by atoms with Crippen molar-refractivity contribution in [1.82, 2.24) is 5.32 Å². The lowest BCUT2D eigenvalue weighted by Crippen LogP contribution is -2.35. The second kappa shape index (κ2) is 5.10. The summed E-state index contributed by atoms with van der Waals surface area (Å²) in [4.78, 5) is 0. The fourth-order valence-electron chi connectivity index (χ4n) is 2.54. The van der Waals surface area contributed by atoms with Gasteiger partial charge in [0.25, 0.3) is 0 Å². The molecular weight excluding hydrogens is 178 g/mol. The monoisotopic (exact) mass is 199 g/mol. The van der Waals surface area contributed by atoms with E-state index in [4.69, 9.17) is 9.47 Å². The van der Waals surface area contributed by atoms with Gasteiger partial charge < -0.3 is 14.8 Å². The summed E-state index contributed by atoms with van der Waals surface area (Å²) >= 11 is 0. The Balaban J connectivity index is 1.79. The van der Waals surface area contributed by atoms with Crippen LogP contribution in [0.25, 0.3) is 0 Å². The number of nitrogens with one attached hydrogen (secondary N) is 1. The molecule has 2 aliphatic heterocycles. The highest BCUT2D eigenvalue weighted by atomic mass is 16.5. The number of rotatable bonds is 4. The van der Waals surface area contributed by atoms with Gasteiger partial charge in [-0.05, 0) is 38.1 Å². The first-order valence-electron chi connectivity index (χ1n) is 5.73. The Morgan fingerprint density at radius 3 is 2.57 bits per heavy atom. The van der Waals surface area contributed by atoms with Gasteiger partial charge in [0.1, 0.15) is 0 Å². The molecule has 3 nitrogen and oxygen atoms in total. The highest BCUT2D eigenvalue weighted by molar-refractivity contribution is 4.81. The van der Waals surface area contributed by atoms with Gasteiger partial charge in [-0.15, -0.1) is 0 Å². The van der Waals surface area contributed by atoms with Crippen molar-refractivity contribution in [1.29, 1.82) is 0 Å². The van der Waals surface area contributed by atoms with E-state index in [2.05, 4.69) is 12.4 Å². The number of ether oxygens (including phenoxy) is 2. The van der Waals surface area contributed by atoms with Crippen molar-refractivity contribution < 1.29 is 9.47 Å². The summed E-state index contributed by atoms with van der Waals surface area (Å²) in [5.74, 6) is 1.49. The van der Waals surface area contributed by atoms with Gasteiger partial charge in [0.2, 0.25) is 0 Å². The molecule has 0 saturated carbocycles. The minimum atomic E-state index is 0.629. The average molecular weight is 199 g/mol. The maximum Gasteiger partial charge on any atom is 0.0510 e. The lowest BCUT2D eigenvalue weighted by atomic mass is 9.89. The topological polar surface area (TPSA) is 30.5 Å². The number of hydrogen-bond acceptors (Lipinski definition) is 3. The van der Waals surface area contributed by atoms with Crippen LogP contribution in [0.15, 0.2) is 0 Å². The lowest BCUT2D eigenvalue weighted by Gasteiger charge is -2.24. The largest absolute Gasteiger partial charge is 0.381 e. The summed E-state index contributed by atoms with van der Waals surface area (Å²) in [6, 6.07) is 0.629. The van der Waals surface area contributed by atoms with Gasteiger partial charge in [0.05, 0.1) is 6.61 Å². The van der Waals surface area contributed by atoms with Gasteiger partial charge in [0, 0.05) is 25.9 Å². The van der Waals surface area contributed by atoms with Gasteiger partial charge in [-0.2, -0.15) is 0 Å². The molecule has 0 aromatic carbocycles. The van der Waals surface area contributed by atoms with E-state index in [0.29, 0.717) is 6.04 Å². The highest BCUT2D eigenvalue weighted by Crippen LogP contribution is 2.25. The third-order valence-electron chi connectivity index (χ3n) is 3.52. The molecule has 0 bridgehead atoms. The van der Waals surface area contributed by atoms with Gasteiger partial charge in [-0.3, -0.25) is 0 Å². The van der Waals surface area contributed by atoms with Crippen molar-refractivity contribution in [3.05, 3.63) is 0 Å². The van der Waals surface area contributed by atoms with Crippen molar-refractivity contribution in [2.45, 2.75) is 25.3 Å². The van der Waals surface area contributed by atoms with Gasteiger partial charge in [-0.1, -0.05) is 0 Å². The maximum atomic E-state index is 5.43. The predicted octanol–water partition coefficient (Wildman–Crippen LogP) is 1.04. The van der Waals surface area contributed by atoms with Gasteiger partial charge in [0.15, 0.2) is 0 Å². The summed E-state index contributed by atoms with van der Waals surface area (Å²) in [6.07, 6.45) is 3.72. The first-order valence-corrected chi connectivity index (χ1v) is 5.73.